The van der Waals surface area contributed by atoms with Crippen LogP contribution in [0.2, 0.25) is 5.02 Å². The van der Waals surface area contributed by atoms with Crippen molar-refractivity contribution in [3.63, 3.8) is 0 Å². The van der Waals surface area contributed by atoms with E-state index in [1.165, 1.54) is 30.6 Å². The molecule has 0 unspecified atom stereocenters. The molecule has 0 fully saturated rings. The van der Waals surface area contributed by atoms with E-state index in [1.807, 2.05) is 29.6 Å². The van der Waals surface area contributed by atoms with E-state index in [4.69, 9.17) is 11.6 Å². The Labute approximate surface area is 188 Å². The first kappa shape index (κ1) is 21.1. The lowest BCUT2D eigenvalue weighted by atomic mass is 10.2. The molecule has 156 valence electrons. The summed E-state index contributed by atoms with van der Waals surface area (Å²) in [5.41, 5.74) is 1.69. The lowest BCUT2D eigenvalue weighted by molar-refractivity contribution is 0.556. The lowest BCUT2D eigenvalue weighted by Gasteiger charge is -2.10. The lowest BCUT2D eigenvalue weighted by Crippen LogP contribution is -2.12. The molecule has 4 aromatic rings. The number of unbranched alkanes of at least 4 members (excludes halogenated alkanes) is 3. The maximum Gasteiger partial charge on any atom is 0.258 e. The van der Waals surface area contributed by atoms with Crippen molar-refractivity contribution in [1.82, 2.24) is 24.1 Å². The van der Waals surface area contributed by atoms with Gasteiger partial charge in [0.2, 0.25) is 0 Å². The number of nitrogens with zero attached hydrogens (tertiary/aromatic N) is 5. The summed E-state index contributed by atoms with van der Waals surface area (Å²) in [6.07, 6.45) is 6.40. The van der Waals surface area contributed by atoms with Gasteiger partial charge in [0, 0.05) is 40.5 Å². The van der Waals surface area contributed by atoms with E-state index < -0.39 is 0 Å². The highest BCUT2D eigenvalue weighted by Gasteiger charge is 2.15. The van der Waals surface area contributed by atoms with E-state index in [1.54, 1.807) is 28.4 Å². The third kappa shape index (κ3) is 4.77. The van der Waals surface area contributed by atoms with Gasteiger partial charge < -0.3 is 4.57 Å². The predicted octanol–water partition coefficient (Wildman–Crippen LogP) is 5.54. The van der Waals surface area contributed by atoms with Crippen LogP contribution in [0.4, 0.5) is 0 Å². The summed E-state index contributed by atoms with van der Waals surface area (Å²) >= 11 is 9.06. The van der Waals surface area contributed by atoms with Gasteiger partial charge in [-0.05, 0) is 30.7 Å². The largest absolute Gasteiger partial charge is 0.302 e. The van der Waals surface area contributed by atoms with Crippen LogP contribution in [0, 0.1) is 0 Å². The second-order valence-electron chi connectivity index (χ2n) is 6.96. The molecule has 0 saturated carbocycles. The Morgan fingerprint density at radius 3 is 2.77 bits per heavy atom. The fourth-order valence-electron chi connectivity index (χ4n) is 3.21. The normalized spacial score (nSPS) is 11.4. The molecule has 9 heteroatoms. The van der Waals surface area contributed by atoms with Crippen molar-refractivity contribution >= 4 is 39.7 Å². The fraction of sp³-hybridized carbons (Fsp3) is 0.333. The summed E-state index contributed by atoms with van der Waals surface area (Å²) in [6.45, 7) is 3.06. The molecule has 4 rings (SSSR count). The van der Waals surface area contributed by atoms with E-state index in [-0.39, 0.29) is 5.56 Å². The number of hydrogen-bond acceptors (Lipinski definition) is 6. The summed E-state index contributed by atoms with van der Waals surface area (Å²) in [7, 11) is 0. The van der Waals surface area contributed by atoms with Gasteiger partial charge >= 0.3 is 0 Å². The molecule has 0 atom stereocenters. The van der Waals surface area contributed by atoms with Gasteiger partial charge in [-0.15, -0.1) is 21.5 Å². The highest BCUT2D eigenvalue weighted by molar-refractivity contribution is 7.98. The Kier molecular flexibility index (Phi) is 6.86. The number of benzene rings is 1. The molecule has 0 bridgehead atoms. The quantitative estimate of drug-likeness (QED) is 0.243. The van der Waals surface area contributed by atoms with Crippen LogP contribution in [0.5, 0.6) is 0 Å². The molecule has 3 aromatic heterocycles. The van der Waals surface area contributed by atoms with Crippen LogP contribution in [0.15, 0.2) is 51.9 Å². The molecule has 30 heavy (non-hydrogen) atoms. The Hall–Kier alpha value is -2.16. The number of aromatic nitrogens is 5. The number of halogens is 1. The molecule has 0 spiro atoms. The molecular weight excluding hydrogens is 438 g/mol. The number of hydrogen-bond donors (Lipinski definition) is 0. The maximum absolute atomic E-state index is 12.2. The zero-order valence-electron chi connectivity index (χ0n) is 16.6. The zero-order valence-corrected chi connectivity index (χ0v) is 19.0. The molecule has 0 saturated heterocycles. The SMILES string of the molecule is CCCCCCn1c(SCc2cc(=O)n3ccsc3n2)nnc1-c1ccc(Cl)cc1. The van der Waals surface area contributed by atoms with Crippen molar-refractivity contribution in [1.29, 1.82) is 0 Å². The van der Waals surface area contributed by atoms with E-state index >= 15 is 0 Å². The average Bonchev–Trinajstić information content (AvgIpc) is 3.37. The summed E-state index contributed by atoms with van der Waals surface area (Å²) in [5, 5.41) is 12.3. The van der Waals surface area contributed by atoms with Gasteiger partial charge in [0.05, 0.1) is 5.69 Å². The monoisotopic (exact) mass is 459 g/mol. The van der Waals surface area contributed by atoms with Gasteiger partial charge in [-0.1, -0.05) is 49.5 Å². The molecule has 0 aliphatic rings. The Morgan fingerprint density at radius 2 is 1.97 bits per heavy atom. The molecule has 1 aromatic carbocycles. The van der Waals surface area contributed by atoms with Gasteiger partial charge in [0.15, 0.2) is 15.9 Å². The van der Waals surface area contributed by atoms with Gasteiger partial charge in [-0.2, -0.15) is 0 Å². The zero-order chi connectivity index (χ0) is 20.9. The average molecular weight is 460 g/mol. The molecule has 0 aliphatic heterocycles. The van der Waals surface area contributed by atoms with E-state index in [2.05, 4.69) is 26.7 Å². The Morgan fingerprint density at radius 1 is 1.13 bits per heavy atom. The third-order valence-corrected chi connectivity index (χ3v) is 6.77. The van der Waals surface area contributed by atoms with Crippen molar-refractivity contribution in [2.75, 3.05) is 0 Å². The highest BCUT2D eigenvalue weighted by atomic mass is 35.5. The van der Waals surface area contributed by atoms with Crippen LogP contribution in [0.1, 0.15) is 38.3 Å². The Bertz CT molecular complexity index is 1180. The van der Waals surface area contributed by atoms with Crippen molar-refractivity contribution in [2.45, 2.75) is 50.1 Å². The molecule has 0 radical (unpaired) electrons. The maximum atomic E-state index is 12.2. The van der Waals surface area contributed by atoms with Crippen molar-refractivity contribution in [3.05, 3.63) is 63.0 Å². The number of thiazole rings is 1. The van der Waals surface area contributed by atoms with Crippen LogP contribution < -0.4 is 5.56 Å². The van der Waals surface area contributed by atoms with Crippen molar-refractivity contribution in [2.24, 2.45) is 0 Å². The van der Waals surface area contributed by atoms with Crippen LogP contribution in [0.25, 0.3) is 16.3 Å². The summed E-state index contributed by atoms with van der Waals surface area (Å²) in [4.78, 5) is 17.5. The Balaban J connectivity index is 1.57. The predicted molar refractivity (Wildman–Crippen MR) is 124 cm³/mol. The highest BCUT2D eigenvalue weighted by Crippen LogP contribution is 2.27. The standard InChI is InChI=1S/C21H22ClN5OS2/c1-2-3-4-5-10-27-19(15-6-8-16(22)9-7-15)24-25-21(27)30-14-17-13-18(28)26-11-12-29-20(26)23-17/h6-9,11-13H,2-5,10,14H2,1H3. The van der Waals surface area contributed by atoms with Gasteiger partial charge in [-0.3, -0.25) is 9.20 Å². The van der Waals surface area contributed by atoms with Gasteiger partial charge in [-0.25, -0.2) is 4.98 Å². The van der Waals surface area contributed by atoms with Crippen LogP contribution in [-0.4, -0.2) is 24.1 Å². The van der Waals surface area contributed by atoms with Gasteiger partial charge in [0.1, 0.15) is 0 Å². The van der Waals surface area contributed by atoms with E-state index in [0.717, 1.165) is 35.2 Å². The smallest absolute Gasteiger partial charge is 0.258 e. The number of thioether (sulfide) groups is 1. The minimum absolute atomic E-state index is 0.0558. The molecular formula is C21H22ClN5OS2. The molecule has 6 nitrogen and oxygen atoms in total. The summed E-state index contributed by atoms with van der Waals surface area (Å²) in [5.74, 6) is 1.41. The molecule has 0 aliphatic carbocycles. The summed E-state index contributed by atoms with van der Waals surface area (Å²) in [6, 6.07) is 9.27. The van der Waals surface area contributed by atoms with Gasteiger partial charge in [0.25, 0.3) is 5.56 Å². The second kappa shape index (κ2) is 9.76. The minimum Gasteiger partial charge on any atom is -0.302 e. The molecule has 3 heterocycles. The second-order valence-corrected chi connectivity index (χ2v) is 9.21. The topological polar surface area (TPSA) is 65.1 Å². The molecule has 0 N–H and O–H groups in total. The van der Waals surface area contributed by atoms with Crippen LogP contribution >= 0.6 is 34.7 Å². The minimum atomic E-state index is -0.0558. The van der Waals surface area contributed by atoms with Crippen molar-refractivity contribution in [3.8, 4) is 11.4 Å². The first-order chi connectivity index (χ1) is 14.7. The first-order valence-corrected chi connectivity index (χ1v) is 12.2. The number of rotatable bonds is 9. The molecule has 0 amide bonds. The van der Waals surface area contributed by atoms with E-state index in [0.29, 0.717) is 15.7 Å². The first-order valence-electron chi connectivity index (χ1n) is 9.93. The van der Waals surface area contributed by atoms with Crippen LogP contribution in [0.3, 0.4) is 0 Å². The van der Waals surface area contributed by atoms with E-state index in [9.17, 15) is 4.79 Å². The van der Waals surface area contributed by atoms with Crippen LogP contribution in [-0.2, 0) is 12.3 Å². The van der Waals surface area contributed by atoms with Crippen molar-refractivity contribution < 1.29 is 0 Å². The summed E-state index contributed by atoms with van der Waals surface area (Å²) < 4.78 is 3.73. The third-order valence-electron chi connectivity index (χ3n) is 4.76. The number of fused-ring (bicyclic) bond motifs is 1. The fourth-order valence-corrected chi connectivity index (χ4v) is 4.93.